The molecule has 1 aliphatic rings. The molecule has 0 radical (unpaired) electrons. The van der Waals surface area contributed by atoms with E-state index in [0.717, 1.165) is 10.6 Å². The lowest BCUT2D eigenvalue weighted by Gasteiger charge is -2.25. The van der Waals surface area contributed by atoms with Gasteiger partial charge in [-0.05, 0) is 35.7 Å². The molecule has 2 aromatic heterocycles. The largest absolute Gasteiger partial charge is 0.465 e. The topological polar surface area (TPSA) is 106 Å². The summed E-state index contributed by atoms with van der Waals surface area (Å²) in [5.41, 5.74) is 1.65. The maximum absolute atomic E-state index is 13.0. The number of hydrogen-bond acceptors (Lipinski definition) is 8. The molecule has 1 aliphatic heterocycles. The second-order valence-corrected chi connectivity index (χ2v) is 10.3. The maximum atomic E-state index is 13.0. The average Bonchev–Trinajstić information content (AvgIpc) is 3.42. The molecule has 156 valence electrons. The third-order valence-electron chi connectivity index (χ3n) is 4.61. The number of anilines is 1. The fraction of sp³-hybridized carbons (Fsp3) is 0.211. The van der Waals surface area contributed by atoms with Crippen molar-refractivity contribution in [2.75, 3.05) is 19.0 Å². The van der Waals surface area contributed by atoms with E-state index < -0.39 is 16.0 Å². The molecule has 3 aromatic rings. The highest BCUT2D eigenvalue weighted by Gasteiger charge is 2.30. The average molecular weight is 464 g/mol. The Bertz CT molecular complexity index is 1180. The lowest BCUT2D eigenvalue weighted by atomic mass is 10.2. The lowest BCUT2D eigenvalue weighted by Crippen LogP contribution is -2.35. The van der Waals surface area contributed by atoms with Gasteiger partial charge in [-0.15, -0.1) is 11.3 Å². The van der Waals surface area contributed by atoms with Gasteiger partial charge in [0.1, 0.15) is 0 Å². The highest BCUT2D eigenvalue weighted by atomic mass is 32.2. The predicted molar refractivity (Wildman–Crippen MR) is 113 cm³/mol. The monoisotopic (exact) mass is 463 g/mol. The van der Waals surface area contributed by atoms with E-state index in [-0.39, 0.29) is 29.5 Å². The molecular formula is C19H17N3O5S3. The molecule has 0 saturated carbocycles. The van der Waals surface area contributed by atoms with Crippen molar-refractivity contribution in [2.45, 2.75) is 17.9 Å². The summed E-state index contributed by atoms with van der Waals surface area (Å²) in [7, 11) is -2.46. The molecule has 0 unspecified atom stereocenters. The summed E-state index contributed by atoms with van der Waals surface area (Å²) >= 11 is 2.71. The van der Waals surface area contributed by atoms with Crippen molar-refractivity contribution >= 4 is 49.7 Å². The van der Waals surface area contributed by atoms with Crippen LogP contribution in [-0.2, 0) is 27.7 Å². The Labute approximate surface area is 181 Å². The predicted octanol–water partition coefficient (Wildman–Crippen LogP) is 2.99. The van der Waals surface area contributed by atoms with Gasteiger partial charge in [-0.3, -0.25) is 10.1 Å². The van der Waals surface area contributed by atoms with Crippen LogP contribution in [0.3, 0.4) is 0 Å². The van der Waals surface area contributed by atoms with Crippen LogP contribution < -0.4 is 5.32 Å². The van der Waals surface area contributed by atoms with Crippen LogP contribution in [0.25, 0.3) is 0 Å². The highest BCUT2D eigenvalue weighted by molar-refractivity contribution is 7.89. The third-order valence-corrected chi connectivity index (χ3v) is 8.15. The van der Waals surface area contributed by atoms with Crippen molar-refractivity contribution in [2.24, 2.45) is 0 Å². The molecule has 1 aromatic carbocycles. The van der Waals surface area contributed by atoms with Crippen LogP contribution in [0.2, 0.25) is 0 Å². The number of aromatic nitrogens is 1. The van der Waals surface area contributed by atoms with Crippen molar-refractivity contribution in [3.05, 3.63) is 62.8 Å². The summed E-state index contributed by atoms with van der Waals surface area (Å²) in [6, 6.07) is 7.39. The van der Waals surface area contributed by atoms with Crippen molar-refractivity contribution in [1.82, 2.24) is 9.29 Å². The number of esters is 1. The first-order valence-corrected chi connectivity index (χ1v) is 12.1. The molecule has 0 aliphatic carbocycles. The van der Waals surface area contributed by atoms with Crippen LogP contribution in [-0.4, -0.2) is 43.2 Å². The third kappa shape index (κ3) is 4.01. The number of nitrogens with one attached hydrogen (secondary N) is 1. The van der Waals surface area contributed by atoms with Gasteiger partial charge in [-0.2, -0.15) is 15.6 Å². The summed E-state index contributed by atoms with van der Waals surface area (Å²) in [5.74, 6) is -0.763. The second-order valence-electron chi connectivity index (χ2n) is 6.46. The zero-order chi connectivity index (χ0) is 21.3. The Kier molecular flexibility index (Phi) is 5.69. The zero-order valence-corrected chi connectivity index (χ0v) is 18.3. The van der Waals surface area contributed by atoms with E-state index in [2.05, 4.69) is 15.0 Å². The standard InChI is InChI=1S/C19H17N3O5S3/c1-27-18(24)12-2-4-14(5-3-12)30(25,26)22-8-6-15-16(10-22)29-19(20-15)21-17(23)13-7-9-28-11-13/h2-5,7,9,11H,6,8,10H2,1H3,(H,20,21,23). The molecule has 3 heterocycles. The number of thiazole rings is 1. The normalized spacial score (nSPS) is 14.2. The number of hydrogen-bond donors (Lipinski definition) is 1. The Morgan fingerprint density at radius 2 is 1.93 bits per heavy atom. The van der Waals surface area contributed by atoms with Gasteiger partial charge in [-0.1, -0.05) is 0 Å². The molecule has 30 heavy (non-hydrogen) atoms. The zero-order valence-electron chi connectivity index (χ0n) is 15.8. The number of carbonyl (C=O) groups excluding carboxylic acids is 2. The molecule has 0 spiro atoms. The minimum absolute atomic E-state index is 0.106. The van der Waals surface area contributed by atoms with Gasteiger partial charge in [0.2, 0.25) is 10.0 Å². The number of rotatable bonds is 5. The van der Waals surface area contributed by atoms with E-state index >= 15 is 0 Å². The Hall–Kier alpha value is -2.60. The van der Waals surface area contributed by atoms with Gasteiger partial charge in [0, 0.05) is 23.2 Å². The number of nitrogens with zero attached hydrogens (tertiary/aromatic N) is 2. The number of methoxy groups -OCH3 is 1. The number of thiophene rings is 1. The van der Waals surface area contributed by atoms with Crippen molar-refractivity contribution in [3.8, 4) is 0 Å². The van der Waals surface area contributed by atoms with Gasteiger partial charge in [0.25, 0.3) is 5.91 Å². The first-order valence-electron chi connectivity index (χ1n) is 8.89. The maximum Gasteiger partial charge on any atom is 0.337 e. The van der Waals surface area contributed by atoms with Crippen molar-refractivity contribution < 1.29 is 22.7 Å². The van der Waals surface area contributed by atoms with Crippen molar-refractivity contribution in [1.29, 1.82) is 0 Å². The molecule has 0 fully saturated rings. The minimum Gasteiger partial charge on any atom is -0.465 e. The summed E-state index contributed by atoms with van der Waals surface area (Å²) in [6.07, 6.45) is 0.458. The Morgan fingerprint density at radius 3 is 2.60 bits per heavy atom. The molecule has 0 bridgehead atoms. The van der Waals surface area contributed by atoms with Crippen LogP contribution in [0, 0.1) is 0 Å². The summed E-state index contributed by atoms with van der Waals surface area (Å²) in [6.45, 7) is 0.470. The Morgan fingerprint density at radius 1 is 1.17 bits per heavy atom. The number of sulfonamides is 1. The molecule has 4 rings (SSSR count). The molecule has 1 N–H and O–H groups in total. The lowest BCUT2D eigenvalue weighted by molar-refractivity contribution is 0.0600. The fourth-order valence-corrected chi connectivity index (χ4v) is 6.17. The molecule has 0 saturated heterocycles. The smallest absolute Gasteiger partial charge is 0.337 e. The van der Waals surface area contributed by atoms with Crippen LogP contribution >= 0.6 is 22.7 Å². The number of carbonyl (C=O) groups is 2. The van der Waals surface area contributed by atoms with E-state index in [0.29, 0.717) is 17.1 Å². The van der Waals surface area contributed by atoms with E-state index in [9.17, 15) is 18.0 Å². The van der Waals surface area contributed by atoms with Crippen LogP contribution in [0.4, 0.5) is 5.13 Å². The van der Waals surface area contributed by atoms with Gasteiger partial charge in [0.15, 0.2) is 5.13 Å². The molecule has 8 nitrogen and oxygen atoms in total. The van der Waals surface area contributed by atoms with Gasteiger partial charge >= 0.3 is 5.97 Å². The van der Waals surface area contributed by atoms with Crippen LogP contribution in [0.5, 0.6) is 0 Å². The Balaban J connectivity index is 1.50. The van der Waals surface area contributed by atoms with Crippen LogP contribution in [0.15, 0.2) is 46.0 Å². The van der Waals surface area contributed by atoms with Gasteiger partial charge in [0.05, 0.1) is 35.4 Å². The fourth-order valence-electron chi connectivity index (χ4n) is 3.02. The van der Waals surface area contributed by atoms with E-state index in [1.54, 1.807) is 11.4 Å². The summed E-state index contributed by atoms with van der Waals surface area (Å²) in [4.78, 5) is 29.1. The summed E-state index contributed by atoms with van der Waals surface area (Å²) in [5, 5.41) is 6.80. The minimum atomic E-state index is -3.73. The summed E-state index contributed by atoms with van der Waals surface area (Å²) < 4.78 is 32.0. The van der Waals surface area contributed by atoms with Gasteiger partial charge in [-0.25, -0.2) is 18.2 Å². The molecule has 1 amide bonds. The highest BCUT2D eigenvalue weighted by Crippen LogP contribution is 2.31. The van der Waals surface area contributed by atoms with E-state index in [1.807, 2.05) is 5.38 Å². The number of amides is 1. The van der Waals surface area contributed by atoms with Gasteiger partial charge < -0.3 is 4.74 Å². The first-order chi connectivity index (χ1) is 14.4. The first kappa shape index (κ1) is 20.7. The SMILES string of the molecule is COC(=O)c1ccc(S(=O)(=O)N2CCc3nc(NC(=O)c4ccsc4)sc3C2)cc1. The molecule has 0 atom stereocenters. The molecular weight excluding hydrogens is 446 g/mol. The second kappa shape index (κ2) is 8.26. The van der Waals surface area contributed by atoms with E-state index in [4.69, 9.17) is 0 Å². The number of ether oxygens (including phenoxy) is 1. The van der Waals surface area contributed by atoms with E-state index in [1.165, 1.54) is 58.4 Å². The quantitative estimate of drug-likeness (QED) is 0.583. The molecule has 11 heteroatoms. The number of benzene rings is 1. The van der Waals surface area contributed by atoms with Crippen LogP contribution in [0.1, 0.15) is 31.3 Å². The van der Waals surface area contributed by atoms with Crippen molar-refractivity contribution in [3.63, 3.8) is 0 Å². The number of fused-ring (bicyclic) bond motifs is 1.